The van der Waals surface area contributed by atoms with Crippen molar-refractivity contribution >= 4 is 23.1 Å². The average molecular weight is 403 g/mol. The quantitative estimate of drug-likeness (QED) is 0.653. The first kappa shape index (κ1) is 20.2. The number of amides is 1. The summed E-state index contributed by atoms with van der Waals surface area (Å²) >= 11 is 6.23. The lowest BCUT2D eigenvalue weighted by Crippen LogP contribution is -2.30. The summed E-state index contributed by atoms with van der Waals surface area (Å²) in [5, 5.41) is 0.613. The smallest absolute Gasteiger partial charge is 0.228 e. The lowest BCUT2D eigenvalue weighted by Gasteiger charge is -2.33. The Hall–Kier alpha value is -2.53. The van der Waals surface area contributed by atoms with Gasteiger partial charge in [0.25, 0.3) is 0 Å². The van der Waals surface area contributed by atoms with Crippen molar-refractivity contribution in [3.05, 3.63) is 70.7 Å². The molecule has 148 valence electrons. The van der Waals surface area contributed by atoms with Crippen LogP contribution in [-0.4, -0.2) is 42.6 Å². The van der Waals surface area contributed by atoms with E-state index in [1.807, 2.05) is 54.4 Å². The van der Waals surface area contributed by atoms with E-state index in [4.69, 9.17) is 16.3 Å². The van der Waals surface area contributed by atoms with E-state index < -0.39 is 6.67 Å². The minimum Gasteiger partial charge on any atom is -0.491 e. The summed E-state index contributed by atoms with van der Waals surface area (Å²) in [6.07, 6.45) is 8.78. The summed E-state index contributed by atoms with van der Waals surface area (Å²) in [7, 11) is 1.80. The molecule has 2 aliphatic heterocycles. The van der Waals surface area contributed by atoms with Crippen LogP contribution in [0, 0.1) is 0 Å². The molecule has 6 heteroatoms. The van der Waals surface area contributed by atoms with Crippen LogP contribution in [0.2, 0.25) is 0 Å². The molecule has 0 atom stereocenters. The van der Waals surface area contributed by atoms with Crippen LogP contribution in [0.3, 0.4) is 0 Å². The van der Waals surface area contributed by atoms with Gasteiger partial charge < -0.3 is 14.5 Å². The fourth-order valence-electron chi connectivity index (χ4n) is 3.20. The van der Waals surface area contributed by atoms with E-state index in [9.17, 15) is 9.18 Å². The second-order valence-corrected chi connectivity index (χ2v) is 7.06. The van der Waals surface area contributed by atoms with Crippen molar-refractivity contribution in [3.63, 3.8) is 0 Å². The van der Waals surface area contributed by atoms with Gasteiger partial charge in [-0.15, -0.1) is 0 Å². The number of benzene rings is 1. The van der Waals surface area contributed by atoms with E-state index in [-0.39, 0.29) is 18.9 Å². The molecule has 3 rings (SSSR count). The zero-order valence-electron chi connectivity index (χ0n) is 16.1. The molecule has 0 fully saturated rings. The summed E-state index contributed by atoms with van der Waals surface area (Å²) in [4.78, 5) is 16.4. The Labute approximate surface area is 170 Å². The van der Waals surface area contributed by atoms with Gasteiger partial charge in [0.1, 0.15) is 19.0 Å². The first-order chi connectivity index (χ1) is 13.5. The first-order valence-corrected chi connectivity index (χ1v) is 9.71. The summed E-state index contributed by atoms with van der Waals surface area (Å²) < 4.78 is 17.6. The topological polar surface area (TPSA) is 32.8 Å². The summed E-state index contributed by atoms with van der Waals surface area (Å²) in [5.74, 6) is 0.680. The van der Waals surface area contributed by atoms with Crippen LogP contribution in [-0.2, 0) is 4.79 Å². The van der Waals surface area contributed by atoms with Gasteiger partial charge in [-0.05, 0) is 48.8 Å². The second kappa shape index (κ2) is 9.11. The Morgan fingerprint density at radius 2 is 2.04 bits per heavy atom. The molecule has 0 radical (unpaired) electrons. The van der Waals surface area contributed by atoms with Gasteiger partial charge in [0.2, 0.25) is 5.91 Å². The van der Waals surface area contributed by atoms with E-state index in [0.717, 1.165) is 22.5 Å². The van der Waals surface area contributed by atoms with E-state index in [2.05, 4.69) is 6.08 Å². The Kier molecular flexibility index (Phi) is 6.57. The molecule has 1 amide bonds. The van der Waals surface area contributed by atoms with Crippen molar-refractivity contribution in [2.45, 2.75) is 19.8 Å². The van der Waals surface area contributed by atoms with Crippen LogP contribution in [0.4, 0.5) is 4.39 Å². The molecule has 0 spiro atoms. The number of fused-ring (bicyclic) bond motifs is 1. The van der Waals surface area contributed by atoms with Gasteiger partial charge >= 0.3 is 0 Å². The van der Waals surface area contributed by atoms with Crippen molar-refractivity contribution in [3.8, 4) is 5.75 Å². The number of alkyl halides is 1. The van der Waals surface area contributed by atoms with Crippen LogP contribution in [0.1, 0.15) is 25.3 Å². The molecule has 0 bridgehead atoms. The van der Waals surface area contributed by atoms with Gasteiger partial charge in [-0.25, -0.2) is 4.39 Å². The van der Waals surface area contributed by atoms with Crippen LogP contribution >= 0.6 is 11.6 Å². The summed E-state index contributed by atoms with van der Waals surface area (Å²) in [5.41, 5.74) is 4.00. The van der Waals surface area contributed by atoms with Crippen molar-refractivity contribution < 1.29 is 13.9 Å². The third kappa shape index (κ3) is 4.47. The normalized spacial score (nSPS) is 15.8. The number of halogens is 2. The number of rotatable bonds is 7. The molecule has 0 saturated carbocycles. The van der Waals surface area contributed by atoms with Crippen LogP contribution in [0.15, 0.2) is 65.1 Å². The molecule has 1 aromatic carbocycles. The molecule has 2 aliphatic rings. The Morgan fingerprint density at radius 1 is 1.29 bits per heavy atom. The molecule has 0 saturated heterocycles. The fraction of sp³-hybridized carbons (Fsp3) is 0.318. The SMILES string of the molecule is CCN(C)C(=O)CC1=C(c2ccc(OCCF)cc2)CC=C2C=CC(Cl)=CN21. The third-order valence-electron chi connectivity index (χ3n) is 4.87. The third-order valence-corrected chi connectivity index (χ3v) is 5.09. The zero-order valence-corrected chi connectivity index (χ0v) is 16.9. The molecule has 0 aromatic heterocycles. The maximum atomic E-state index is 12.7. The Bertz CT molecular complexity index is 856. The zero-order chi connectivity index (χ0) is 20.1. The van der Waals surface area contributed by atoms with E-state index >= 15 is 0 Å². The largest absolute Gasteiger partial charge is 0.491 e. The maximum Gasteiger partial charge on any atom is 0.228 e. The number of carbonyl (C=O) groups excluding carboxylic acids is 1. The highest BCUT2D eigenvalue weighted by Crippen LogP contribution is 2.37. The van der Waals surface area contributed by atoms with Gasteiger partial charge in [0.05, 0.1) is 11.5 Å². The minimum absolute atomic E-state index is 0.0423. The maximum absolute atomic E-state index is 12.7. The van der Waals surface area contributed by atoms with E-state index in [0.29, 0.717) is 23.7 Å². The standard InChI is InChI=1S/C22H24ClFN2O2/c1-3-25(2)22(27)14-21-20(11-8-18-7-6-17(23)15-26(18)21)16-4-9-19(10-5-16)28-13-12-24/h4-10,15H,3,11-14H2,1-2H3. The lowest BCUT2D eigenvalue weighted by molar-refractivity contribution is -0.129. The number of allylic oxidation sites excluding steroid dienone is 5. The van der Waals surface area contributed by atoms with Crippen LogP contribution in [0.5, 0.6) is 5.75 Å². The number of carbonyl (C=O) groups is 1. The molecular formula is C22H24ClFN2O2. The number of ether oxygens (including phenoxy) is 1. The fourth-order valence-corrected chi connectivity index (χ4v) is 3.36. The van der Waals surface area contributed by atoms with Crippen molar-refractivity contribution in [1.82, 2.24) is 9.80 Å². The van der Waals surface area contributed by atoms with Crippen molar-refractivity contribution in [2.75, 3.05) is 26.9 Å². The van der Waals surface area contributed by atoms with Gasteiger partial charge in [0.15, 0.2) is 0 Å². The van der Waals surface area contributed by atoms with Gasteiger partial charge in [-0.2, -0.15) is 0 Å². The molecule has 4 nitrogen and oxygen atoms in total. The molecule has 0 N–H and O–H groups in total. The van der Waals surface area contributed by atoms with Crippen molar-refractivity contribution in [2.24, 2.45) is 0 Å². The first-order valence-electron chi connectivity index (χ1n) is 9.33. The average Bonchev–Trinajstić information content (AvgIpc) is 2.72. The second-order valence-electron chi connectivity index (χ2n) is 6.62. The van der Waals surface area contributed by atoms with Crippen LogP contribution < -0.4 is 4.74 Å². The highest BCUT2D eigenvalue weighted by molar-refractivity contribution is 6.31. The number of hydrogen-bond donors (Lipinski definition) is 0. The van der Waals surface area contributed by atoms with Gasteiger partial charge in [-0.1, -0.05) is 29.8 Å². The number of hydrogen-bond acceptors (Lipinski definition) is 3. The van der Waals surface area contributed by atoms with Crippen molar-refractivity contribution in [1.29, 1.82) is 0 Å². The monoisotopic (exact) mass is 402 g/mol. The van der Waals surface area contributed by atoms with E-state index in [1.54, 1.807) is 11.9 Å². The Balaban J connectivity index is 1.96. The molecule has 0 unspecified atom stereocenters. The molecule has 0 aliphatic carbocycles. The highest BCUT2D eigenvalue weighted by Gasteiger charge is 2.25. The summed E-state index contributed by atoms with van der Waals surface area (Å²) in [6.45, 7) is 2.13. The van der Waals surface area contributed by atoms with Gasteiger partial charge in [0, 0.05) is 31.2 Å². The molecule has 2 heterocycles. The Morgan fingerprint density at radius 3 is 2.71 bits per heavy atom. The lowest BCUT2D eigenvalue weighted by atomic mass is 9.93. The number of nitrogens with zero attached hydrogens (tertiary/aromatic N) is 2. The minimum atomic E-state index is -0.521. The predicted octanol–water partition coefficient (Wildman–Crippen LogP) is 4.85. The van der Waals surface area contributed by atoms with Crippen LogP contribution in [0.25, 0.3) is 5.57 Å². The van der Waals surface area contributed by atoms with E-state index in [1.165, 1.54) is 0 Å². The molecular weight excluding hydrogens is 379 g/mol. The predicted molar refractivity (Wildman–Crippen MR) is 110 cm³/mol. The highest BCUT2D eigenvalue weighted by atomic mass is 35.5. The molecule has 28 heavy (non-hydrogen) atoms. The van der Waals surface area contributed by atoms with Gasteiger partial charge in [-0.3, -0.25) is 4.79 Å². The summed E-state index contributed by atoms with van der Waals surface area (Å²) in [6, 6.07) is 7.54. The molecule has 1 aromatic rings.